The molecule has 3 aromatic rings. The van der Waals surface area contributed by atoms with Gasteiger partial charge in [-0.15, -0.1) is 10.2 Å². The Morgan fingerprint density at radius 1 is 1.12 bits per heavy atom. The minimum atomic E-state index is -0.295. The van der Waals surface area contributed by atoms with E-state index in [0.29, 0.717) is 24.6 Å². The summed E-state index contributed by atoms with van der Waals surface area (Å²) in [6, 6.07) is 11.7. The molecule has 0 unspecified atom stereocenters. The number of hydrogen-bond donors (Lipinski definition) is 1. The van der Waals surface area contributed by atoms with E-state index in [4.69, 9.17) is 20.8 Å². The summed E-state index contributed by atoms with van der Waals surface area (Å²) in [5.74, 6) is 3.68. The Morgan fingerprint density at radius 2 is 2.00 bits per heavy atom. The molecule has 0 bridgehead atoms. The molecule has 174 valence electrons. The number of rotatable bonds is 7. The number of carbonyl (C=O) groups excluding carboxylic acids is 1. The highest BCUT2D eigenvalue weighted by Crippen LogP contribution is 2.25. The molecule has 9 heteroatoms. The van der Waals surface area contributed by atoms with Crippen molar-refractivity contribution in [1.29, 1.82) is 0 Å². The van der Waals surface area contributed by atoms with Gasteiger partial charge in [0.25, 0.3) is 0 Å². The van der Waals surface area contributed by atoms with Crippen LogP contribution in [0.5, 0.6) is 0 Å². The summed E-state index contributed by atoms with van der Waals surface area (Å²) in [6.45, 7) is 4.57. The highest BCUT2D eigenvalue weighted by atomic mass is 35.5. The lowest BCUT2D eigenvalue weighted by Gasteiger charge is -2.18. The van der Waals surface area contributed by atoms with Gasteiger partial charge in [0.15, 0.2) is 0 Å². The molecule has 4 heterocycles. The first-order chi connectivity index (χ1) is 16.2. The smallest absolute Gasteiger partial charge is 0.249 e. The molecule has 2 aliphatic rings. The van der Waals surface area contributed by atoms with Crippen molar-refractivity contribution in [3.8, 4) is 11.3 Å². The number of fused-ring (bicyclic) bond motifs is 1. The normalized spacial score (nSPS) is 18.8. The Balaban J connectivity index is 1.14. The highest BCUT2D eigenvalue weighted by Gasteiger charge is 2.24. The van der Waals surface area contributed by atoms with E-state index in [2.05, 4.69) is 25.0 Å². The number of aromatic nitrogens is 3. The van der Waals surface area contributed by atoms with Crippen molar-refractivity contribution in [2.45, 2.75) is 44.9 Å². The number of nitrogens with one attached hydrogen (secondary N) is 1. The van der Waals surface area contributed by atoms with E-state index in [1.165, 1.54) is 0 Å². The number of ether oxygens (including phenoxy) is 1. The third-order valence-electron chi connectivity index (χ3n) is 6.24. The molecule has 5 rings (SSSR count). The van der Waals surface area contributed by atoms with Crippen molar-refractivity contribution in [1.82, 2.24) is 25.0 Å². The van der Waals surface area contributed by atoms with E-state index < -0.39 is 0 Å². The lowest BCUT2D eigenvalue weighted by molar-refractivity contribution is -0.130. The van der Waals surface area contributed by atoms with Crippen LogP contribution in [0.2, 0.25) is 5.02 Å². The van der Waals surface area contributed by atoms with Crippen LogP contribution in [0.3, 0.4) is 0 Å². The van der Waals surface area contributed by atoms with Gasteiger partial charge in [-0.05, 0) is 49.2 Å². The summed E-state index contributed by atoms with van der Waals surface area (Å²) in [4.78, 5) is 14.5. The first-order valence-corrected chi connectivity index (χ1v) is 11.9. The van der Waals surface area contributed by atoms with E-state index >= 15 is 0 Å². The van der Waals surface area contributed by atoms with Crippen molar-refractivity contribution in [2.24, 2.45) is 0 Å². The maximum atomic E-state index is 12.1. The van der Waals surface area contributed by atoms with Crippen molar-refractivity contribution in [3.05, 3.63) is 58.8 Å². The van der Waals surface area contributed by atoms with Gasteiger partial charge < -0.3 is 19.0 Å². The molecule has 8 nitrogen and oxygen atoms in total. The van der Waals surface area contributed by atoms with Crippen molar-refractivity contribution < 1.29 is 13.9 Å². The molecule has 0 saturated carbocycles. The van der Waals surface area contributed by atoms with Crippen LogP contribution < -0.4 is 5.32 Å². The standard InChI is InChI=1S/C24H28ClN5O3/c25-18-5-3-17(4-6-18)20-8-7-19(33-20)16-29-12-10-23-28-27-22(30(23)14-13-29)9-11-26-24(31)21-2-1-15-32-21/h3-8,21H,1-2,9-16H2,(H,26,31)/t21-/m0/s1. The topological polar surface area (TPSA) is 85.4 Å². The van der Waals surface area contributed by atoms with Gasteiger partial charge in [-0.25, -0.2) is 0 Å². The number of carbonyl (C=O) groups is 1. The molecule has 1 saturated heterocycles. The number of hydrogen-bond acceptors (Lipinski definition) is 6. The van der Waals surface area contributed by atoms with E-state index in [1.807, 2.05) is 36.4 Å². The lowest BCUT2D eigenvalue weighted by atomic mass is 10.2. The van der Waals surface area contributed by atoms with Gasteiger partial charge in [0, 0.05) is 56.2 Å². The molecule has 1 aromatic carbocycles. The molecule has 1 fully saturated rings. The average molecular weight is 470 g/mol. The second-order valence-electron chi connectivity index (χ2n) is 8.53. The molecule has 2 aromatic heterocycles. The zero-order chi connectivity index (χ0) is 22.6. The number of halogens is 1. The van der Waals surface area contributed by atoms with Crippen LogP contribution in [0.4, 0.5) is 0 Å². The van der Waals surface area contributed by atoms with Gasteiger partial charge in [0.2, 0.25) is 5.91 Å². The largest absolute Gasteiger partial charge is 0.460 e. The maximum absolute atomic E-state index is 12.1. The van der Waals surface area contributed by atoms with Gasteiger partial charge in [0.1, 0.15) is 29.3 Å². The third-order valence-corrected chi connectivity index (χ3v) is 6.49. The summed E-state index contributed by atoms with van der Waals surface area (Å²) < 4.78 is 13.7. The number of amides is 1. The van der Waals surface area contributed by atoms with E-state index in [-0.39, 0.29) is 12.0 Å². The predicted octanol–water partition coefficient (Wildman–Crippen LogP) is 3.09. The quantitative estimate of drug-likeness (QED) is 0.572. The van der Waals surface area contributed by atoms with Crippen LogP contribution in [0.1, 0.15) is 30.3 Å². The Kier molecular flexibility index (Phi) is 6.75. The zero-order valence-corrected chi connectivity index (χ0v) is 19.3. The van der Waals surface area contributed by atoms with Crippen molar-refractivity contribution in [2.75, 3.05) is 26.2 Å². The van der Waals surface area contributed by atoms with Crippen LogP contribution in [0.25, 0.3) is 11.3 Å². The predicted molar refractivity (Wildman–Crippen MR) is 124 cm³/mol. The Hall–Kier alpha value is -2.68. The Labute approximate surface area is 197 Å². The monoisotopic (exact) mass is 469 g/mol. The zero-order valence-electron chi connectivity index (χ0n) is 18.5. The fourth-order valence-corrected chi connectivity index (χ4v) is 4.54. The Bertz CT molecular complexity index is 1090. The first-order valence-electron chi connectivity index (χ1n) is 11.5. The summed E-state index contributed by atoms with van der Waals surface area (Å²) in [7, 11) is 0. The fraction of sp³-hybridized carbons (Fsp3) is 0.458. The molecule has 0 spiro atoms. The van der Waals surface area contributed by atoms with Crippen LogP contribution >= 0.6 is 11.6 Å². The van der Waals surface area contributed by atoms with Gasteiger partial charge in [0.05, 0.1) is 6.54 Å². The van der Waals surface area contributed by atoms with Crippen molar-refractivity contribution >= 4 is 17.5 Å². The minimum Gasteiger partial charge on any atom is -0.460 e. The lowest BCUT2D eigenvalue weighted by Crippen LogP contribution is -2.35. The summed E-state index contributed by atoms with van der Waals surface area (Å²) >= 11 is 5.98. The van der Waals surface area contributed by atoms with Gasteiger partial charge in [-0.3, -0.25) is 9.69 Å². The molecule has 0 radical (unpaired) electrons. The minimum absolute atomic E-state index is 0.0225. The summed E-state index contributed by atoms with van der Waals surface area (Å²) in [5, 5.41) is 12.5. The molecule has 0 aliphatic carbocycles. The van der Waals surface area contributed by atoms with Crippen LogP contribution in [0.15, 0.2) is 40.8 Å². The SMILES string of the molecule is O=C(NCCc1nnc2n1CCN(Cc1ccc(-c3ccc(Cl)cc3)o1)CC2)[C@@H]1CCCO1. The molecular formula is C24H28ClN5O3. The molecule has 1 N–H and O–H groups in total. The third kappa shape index (κ3) is 5.29. The molecule has 2 aliphatic heterocycles. The number of furan rings is 1. The van der Waals surface area contributed by atoms with E-state index in [1.54, 1.807) is 0 Å². The first kappa shape index (κ1) is 22.1. The fourth-order valence-electron chi connectivity index (χ4n) is 4.42. The average Bonchev–Trinajstić information content (AvgIpc) is 3.56. The van der Waals surface area contributed by atoms with Gasteiger partial charge in [-0.2, -0.15) is 0 Å². The molecular weight excluding hydrogens is 442 g/mol. The second kappa shape index (κ2) is 10.1. The van der Waals surface area contributed by atoms with Crippen LogP contribution in [-0.4, -0.2) is 57.9 Å². The molecule has 1 atom stereocenters. The van der Waals surface area contributed by atoms with Crippen LogP contribution in [0, 0.1) is 0 Å². The van der Waals surface area contributed by atoms with Gasteiger partial charge >= 0.3 is 0 Å². The summed E-state index contributed by atoms with van der Waals surface area (Å²) in [5.41, 5.74) is 1.02. The number of benzene rings is 1. The van der Waals surface area contributed by atoms with E-state index in [9.17, 15) is 4.79 Å². The van der Waals surface area contributed by atoms with Crippen molar-refractivity contribution in [3.63, 3.8) is 0 Å². The van der Waals surface area contributed by atoms with E-state index in [0.717, 1.165) is 74.2 Å². The summed E-state index contributed by atoms with van der Waals surface area (Å²) in [6.07, 6.45) is 2.95. The van der Waals surface area contributed by atoms with Gasteiger partial charge in [-0.1, -0.05) is 11.6 Å². The Morgan fingerprint density at radius 3 is 2.82 bits per heavy atom. The maximum Gasteiger partial charge on any atom is 0.249 e. The molecule has 33 heavy (non-hydrogen) atoms. The van der Waals surface area contributed by atoms with Crippen LogP contribution in [-0.2, 0) is 35.5 Å². The number of nitrogens with zero attached hydrogens (tertiary/aromatic N) is 4. The highest BCUT2D eigenvalue weighted by molar-refractivity contribution is 6.30. The second-order valence-corrected chi connectivity index (χ2v) is 8.96. The molecule has 1 amide bonds.